The number of rotatable bonds is 2. The van der Waals surface area contributed by atoms with E-state index in [1.807, 2.05) is 0 Å². The Morgan fingerprint density at radius 2 is 1.79 bits per heavy atom. The minimum absolute atomic E-state index is 0.0379. The van der Waals surface area contributed by atoms with Crippen molar-refractivity contribution in [3.8, 4) is 0 Å². The van der Waals surface area contributed by atoms with Crippen LogP contribution in [0.25, 0.3) is 0 Å². The fraction of sp³-hybridized carbons (Fsp3) is 0.176. The number of nitrogens with one attached hydrogen (secondary N) is 2. The Morgan fingerprint density at radius 3 is 2.50 bits per heavy atom. The SMILES string of the molecule is CN1C(=O)CCc2cc(NC(=O)Nc3c(F)cccc3F)ccc21. The first kappa shape index (κ1) is 15.9. The zero-order valence-electron chi connectivity index (χ0n) is 12.9. The summed E-state index contributed by atoms with van der Waals surface area (Å²) >= 11 is 0. The van der Waals surface area contributed by atoms with Crippen LogP contribution in [0.4, 0.5) is 30.6 Å². The molecule has 2 N–H and O–H groups in total. The Balaban J connectivity index is 1.75. The predicted octanol–water partition coefficient (Wildman–Crippen LogP) is 3.52. The number of urea groups is 1. The number of nitrogens with zero attached hydrogens (tertiary/aromatic N) is 1. The van der Waals surface area contributed by atoms with E-state index in [1.54, 1.807) is 30.1 Å². The van der Waals surface area contributed by atoms with E-state index in [1.165, 1.54) is 6.07 Å². The molecule has 24 heavy (non-hydrogen) atoms. The molecule has 0 radical (unpaired) electrons. The van der Waals surface area contributed by atoms with Crippen molar-refractivity contribution in [3.05, 3.63) is 53.6 Å². The van der Waals surface area contributed by atoms with Gasteiger partial charge in [-0.2, -0.15) is 0 Å². The van der Waals surface area contributed by atoms with E-state index < -0.39 is 23.4 Å². The number of halogens is 2. The molecule has 3 amide bonds. The lowest BCUT2D eigenvalue weighted by molar-refractivity contribution is -0.118. The Labute approximate surface area is 137 Å². The van der Waals surface area contributed by atoms with Gasteiger partial charge >= 0.3 is 6.03 Å². The number of aryl methyl sites for hydroxylation is 1. The molecule has 2 aromatic rings. The van der Waals surface area contributed by atoms with Gasteiger partial charge in [0.15, 0.2) is 0 Å². The number of carbonyl (C=O) groups is 2. The second-order valence-electron chi connectivity index (χ2n) is 5.47. The molecule has 0 unspecified atom stereocenters. The maximum atomic E-state index is 13.5. The lowest BCUT2D eigenvalue weighted by Crippen LogP contribution is -2.31. The van der Waals surface area contributed by atoms with Gasteiger partial charge in [0.05, 0.1) is 0 Å². The molecule has 1 heterocycles. The number of hydrogen-bond donors (Lipinski definition) is 2. The molecular weight excluding hydrogens is 316 g/mol. The molecule has 0 saturated heterocycles. The lowest BCUT2D eigenvalue weighted by atomic mass is 10.0. The summed E-state index contributed by atoms with van der Waals surface area (Å²) in [6, 6.07) is 7.69. The van der Waals surface area contributed by atoms with Crippen LogP contribution in [-0.4, -0.2) is 19.0 Å². The van der Waals surface area contributed by atoms with Crippen molar-refractivity contribution in [1.82, 2.24) is 0 Å². The molecule has 0 saturated carbocycles. The summed E-state index contributed by atoms with van der Waals surface area (Å²) in [5.74, 6) is -1.66. The van der Waals surface area contributed by atoms with E-state index in [0.717, 1.165) is 23.4 Å². The number of fused-ring (bicyclic) bond motifs is 1. The highest BCUT2D eigenvalue weighted by Gasteiger charge is 2.21. The predicted molar refractivity (Wildman–Crippen MR) is 87.2 cm³/mol. The molecule has 124 valence electrons. The summed E-state index contributed by atoms with van der Waals surface area (Å²) in [4.78, 5) is 25.2. The van der Waals surface area contributed by atoms with Gasteiger partial charge < -0.3 is 15.5 Å². The zero-order valence-corrected chi connectivity index (χ0v) is 12.9. The molecule has 0 spiro atoms. The molecular formula is C17H15F2N3O2. The molecule has 0 aromatic heterocycles. The number of para-hydroxylation sites is 1. The molecule has 1 aliphatic rings. The third-order valence-corrected chi connectivity index (χ3v) is 3.88. The summed E-state index contributed by atoms with van der Waals surface area (Å²) in [7, 11) is 1.70. The third-order valence-electron chi connectivity index (χ3n) is 3.88. The van der Waals surface area contributed by atoms with Crippen LogP contribution in [-0.2, 0) is 11.2 Å². The fourth-order valence-electron chi connectivity index (χ4n) is 2.63. The van der Waals surface area contributed by atoms with Crippen LogP contribution in [0.15, 0.2) is 36.4 Å². The number of amides is 3. The second kappa shape index (κ2) is 6.27. The quantitative estimate of drug-likeness (QED) is 0.884. The van der Waals surface area contributed by atoms with Crippen LogP contribution in [0, 0.1) is 11.6 Å². The van der Waals surface area contributed by atoms with E-state index in [-0.39, 0.29) is 5.91 Å². The van der Waals surface area contributed by atoms with Gasteiger partial charge in [-0.15, -0.1) is 0 Å². The van der Waals surface area contributed by atoms with Crippen LogP contribution in [0.1, 0.15) is 12.0 Å². The van der Waals surface area contributed by atoms with Crippen LogP contribution in [0.3, 0.4) is 0 Å². The first-order chi connectivity index (χ1) is 11.5. The highest BCUT2D eigenvalue weighted by molar-refractivity contribution is 6.01. The Hall–Kier alpha value is -2.96. The summed E-state index contributed by atoms with van der Waals surface area (Å²) < 4.78 is 27.1. The van der Waals surface area contributed by atoms with Crippen molar-refractivity contribution in [2.75, 3.05) is 22.6 Å². The third kappa shape index (κ3) is 3.05. The molecule has 0 fully saturated rings. The molecule has 2 aromatic carbocycles. The van der Waals surface area contributed by atoms with Gasteiger partial charge in [0.1, 0.15) is 17.3 Å². The minimum Gasteiger partial charge on any atom is -0.315 e. The van der Waals surface area contributed by atoms with Gasteiger partial charge in [-0.1, -0.05) is 6.07 Å². The average molecular weight is 331 g/mol. The van der Waals surface area contributed by atoms with Gasteiger partial charge in [-0.3, -0.25) is 4.79 Å². The van der Waals surface area contributed by atoms with Gasteiger partial charge in [-0.25, -0.2) is 13.6 Å². The van der Waals surface area contributed by atoms with Crippen molar-refractivity contribution in [2.45, 2.75) is 12.8 Å². The number of benzene rings is 2. The van der Waals surface area contributed by atoms with Crippen molar-refractivity contribution in [2.24, 2.45) is 0 Å². The second-order valence-corrected chi connectivity index (χ2v) is 5.47. The summed E-state index contributed by atoms with van der Waals surface area (Å²) in [6.45, 7) is 0. The normalized spacial score (nSPS) is 13.5. The summed E-state index contributed by atoms with van der Waals surface area (Å²) in [5, 5.41) is 4.69. The monoisotopic (exact) mass is 331 g/mol. The number of carbonyl (C=O) groups excluding carboxylic acids is 2. The van der Waals surface area contributed by atoms with Crippen molar-refractivity contribution in [1.29, 1.82) is 0 Å². The van der Waals surface area contributed by atoms with Crippen LogP contribution in [0.2, 0.25) is 0 Å². The van der Waals surface area contributed by atoms with Crippen LogP contribution >= 0.6 is 0 Å². The van der Waals surface area contributed by atoms with Gasteiger partial charge in [0, 0.05) is 24.8 Å². The summed E-state index contributed by atoms with van der Waals surface area (Å²) in [6.07, 6.45) is 0.983. The van der Waals surface area contributed by atoms with E-state index in [0.29, 0.717) is 18.5 Å². The topological polar surface area (TPSA) is 61.4 Å². The smallest absolute Gasteiger partial charge is 0.315 e. The van der Waals surface area contributed by atoms with E-state index in [2.05, 4.69) is 10.6 Å². The highest BCUT2D eigenvalue weighted by Crippen LogP contribution is 2.29. The zero-order chi connectivity index (χ0) is 17.3. The van der Waals surface area contributed by atoms with E-state index >= 15 is 0 Å². The first-order valence-electron chi connectivity index (χ1n) is 7.37. The first-order valence-corrected chi connectivity index (χ1v) is 7.37. The minimum atomic E-state index is -0.851. The molecule has 7 heteroatoms. The van der Waals surface area contributed by atoms with Gasteiger partial charge in [-0.05, 0) is 42.3 Å². The number of hydrogen-bond acceptors (Lipinski definition) is 2. The van der Waals surface area contributed by atoms with Crippen molar-refractivity contribution >= 4 is 29.0 Å². The van der Waals surface area contributed by atoms with Crippen molar-refractivity contribution < 1.29 is 18.4 Å². The molecule has 0 bridgehead atoms. The molecule has 0 aliphatic carbocycles. The molecule has 5 nitrogen and oxygen atoms in total. The van der Waals surface area contributed by atoms with Crippen LogP contribution in [0.5, 0.6) is 0 Å². The standard InChI is InChI=1S/C17H15F2N3O2/c1-22-14-7-6-11(9-10(14)5-8-15(22)23)20-17(24)21-16-12(18)3-2-4-13(16)19/h2-4,6-7,9H,5,8H2,1H3,(H2,20,21,24). The Kier molecular flexibility index (Phi) is 4.16. The Bertz CT molecular complexity index is 803. The molecule has 0 atom stereocenters. The van der Waals surface area contributed by atoms with Gasteiger partial charge in [0.2, 0.25) is 5.91 Å². The van der Waals surface area contributed by atoms with Gasteiger partial charge in [0.25, 0.3) is 0 Å². The Morgan fingerprint density at radius 1 is 1.08 bits per heavy atom. The fourth-order valence-corrected chi connectivity index (χ4v) is 2.63. The average Bonchev–Trinajstić information content (AvgIpc) is 2.55. The van der Waals surface area contributed by atoms with E-state index in [4.69, 9.17) is 0 Å². The maximum absolute atomic E-state index is 13.5. The van der Waals surface area contributed by atoms with Crippen LogP contribution < -0.4 is 15.5 Å². The highest BCUT2D eigenvalue weighted by atomic mass is 19.1. The lowest BCUT2D eigenvalue weighted by Gasteiger charge is -2.26. The largest absolute Gasteiger partial charge is 0.323 e. The maximum Gasteiger partial charge on any atom is 0.323 e. The van der Waals surface area contributed by atoms with E-state index in [9.17, 15) is 18.4 Å². The summed E-state index contributed by atoms with van der Waals surface area (Å²) in [5.41, 5.74) is 1.69. The molecule has 3 rings (SSSR count). The number of anilines is 3. The molecule has 1 aliphatic heterocycles. The van der Waals surface area contributed by atoms with Crippen molar-refractivity contribution in [3.63, 3.8) is 0 Å².